The van der Waals surface area contributed by atoms with Gasteiger partial charge in [0.25, 0.3) is 5.56 Å². The van der Waals surface area contributed by atoms with Crippen molar-refractivity contribution in [2.75, 3.05) is 13.7 Å². The van der Waals surface area contributed by atoms with Crippen molar-refractivity contribution >= 4 is 16.3 Å². The highest BCUT2D eigenvalue weighted by Gasteiger charge is 2.27. The Morgan fingerprint density at radius 2 is 2.07 bits per heavy atom. The fourth-order valence-corrected chi connectivity index (χ4v) is 5.02. The average molecular weight is 385 g/mol. The van der Waals surface area contributed by atoms with Gasteiger partial charge in [-0.05, 0) is 50.5 Å². The SMILES string of the molecule is COc1ccc([C@@H]2CCCCC[NH+]2Cc2cc(=O)n3c(C)csc3n2)cc1. The number of hydrogen-bond donors (Lipinski definition) is 1. The zero-order valence-electron chi connectivity index (χ0n) is 15.9. The first kappa shape index (κ1) is 18.2. The Labute approximate surface area is 163 Å². The normalized spacial score (nSPS) is 20.5. The number of nitrogens with zero attached hydrogens (tertiary/aromatic N) is 2. The van der Waals surface area contributed by atoms with E-state index in [4.69, 9.17) is 9.72 Å². The van der Waals surface area contributed by atoms with E-state index in [0.717, 1.165) is 35.2 Å². The third kappa shape index (κ3) is 3.77. The van der Waals surface area contributed by atoms with E-state index >= 15 is 0 Å². The summed E-state index contributed by atoms with van der Waals surface area (Å²) in [4.78, 5) is 19.6. The molecule has 0 aliphatic carbocycles. The van der Waals surface area contributed by atoms with Crippen LogP contribution >= 0.6 is 11.3 Å². The summed E-state index contributed by atoms with van der Waals surface area (Å²) < 4.78 is 7.01. The van der Waals surface area contributed by atoms with Crippen molar-refractivity contribution in [1.82, 2.24) is 9.38 Å². The molecular weight excluding hydrogens is 358 g/mol. The molecule has 0 radical (unpaired) electrons. The molecule has 0 spiro atoms. The minimum absolute atomic E-state index is 0.0315. The fraction of sp³-hybridized carbons (Fsp3) is 0.429. The van der Waals surface area contributed by atoms with Crippen LogP contribution in [0.1, 0.15) is 48.7 Å². The number of nitrogens with one attached hydrogen (secondary N) is 1. The highest BCUT2D eigenvalue weighted by atomic mass is 32.1. The zero-order valence-corrected chi connectivity index (χ0v) is 16.7. The van der Waals surface area contributed by atoms with Crippen LogP contribution in [-0.4, -0.2) is 23.0 Å². The van der Waals surface area contributed by atoms with Gasteiger partial charge in [0.05, 0.1) is 13.7 Å². The van der Waals surface area contributed by atoms with Crippen LogP contribution in [0.2, 0.25) is 0 Å². The molecule has 3 heterocycles. The monoisotopic (exact) mass is 384 g/mol. The molecule has 1 aromatic carbocycles. The number of aryl methyl sites for hydroxylation is 1. The lowest BCUT2D eigenvalue weighted by Gasteiger charge is -2.27. The second-order valence-electron chi connectivity index (χ2n) is 7.34. The molecule has 0 saturated carbocycles. The molecule has 0 bridgehead atoms. The smallest absolute Gasteiger partial charge is 0.259 e. The predicted molar refractivity (Wildman–Crippen MR) is 108 cm³/mol. The van der Waals surface area contributed by atoms with Crippen molar-refractivity contribution in [2.24, 2.45) is 0 Å². The minimum Gasteiger partial charge on any atom is -0.497 e. The second-order valence-corrected chi connectivity index (χ2v) is 8.18. The number of rotatable bonds is 4. The van der Waals surface area contributed by atoms with E-state index in [1.54, 1.807) is 17.6 Å². The third-order valence-electron chi connectivity index (χ3n) is 5.54. The van der Waals surface area contributed by atoms with Gasteiger partial charge in [-0.2, -0.15) is 0 Å². The molecule has 2 atom stereocenters. The van der Waals surface area contributed by atoms with E-state index in [1.165, 1.54) is 47.5 Å². The van der Waals surface area contributed by atoms with Crippen LogP contribution in [0.15, 0.2) is 40.5 Å². The summed E-state index contributed by atoms with van der Waals surface area (Å²) in [6, 6.07) is 10.6. The van der Waals surface area contributed by atoms with Crippen LogP contribution in [0.5, 0.6) is 5.75 Å². The third-order valence-corrected chi connectivity index (χ3v) is 6.48. The molecule has 1 aliphatic rings. The summed E-state index contributed by atoms with van der Waals surface area (Å²) in [7, 11) is 1.70. The average Bonchev–Trinajstić information content (AvgIpc) is 2.90. The van der Waals surface area contributed by atoms with Crippen LogP contribution in [-0.2, 0) is 6.54 Å². The number of ether oxygens (including phenoxy) is 1. The van der Waals surface area contributed by atoms with Crippen LogP contribution in [0.25, 0.3) is 4.96 Å². The summed E-state index contributed by atoms with van der Waals surface area (Å²) in [5, 5.41) is 1.99. The van der Waals surface area contributed by atoms with Gasteiger partial charge in [0.15, 0.2) is 4.96 Å². The summed E-state index contributed by atoms with van der Waals surface area (Å²) in [5.74, 6) is 0.891. The molecule has 27 heavy (non-hydrogen) atoms. The van der Waals surface area contributed by atoms with Crippen LogP contribution in [0, 0.1) is 6.92 Å². The Bertz CT molecular complexity index is 977. The van der Waals surface area contributed by atoms with Gasteiger partial charge in [-0.1, -0.05) is 0 Å². The Morgan fingerprint density at radius 3 is 2.85 bits per heavy atom. The van der Waals surface area contributed by atoms with E-state index in [0.29, 0.717) is 6.04 Å². The largest absolute Gasteiger partial charge is 0.497 e. The molecule has 1 aliphatic heterocycles. The van der Waals surface area contributed by atoms with Crippen molar-refractivity contribution in [3.05, 3.63) is 63.0 Å². The van der Waals surface area contributed by atoms with E-state index in [9.17, 15) is 4.79 Å². The van der Waals surface area contributed by atoms with E-state index < -0.39 is 0 Å². The van der Waals surface area contributed by atoms with Gasteiger partial charge >= 0.3 is 0 Å². The Morgan fingerprint density at radius 1 is 1.26 bits per heavy atom. The number of likely N-dealkylation sites (tertiary alicyclic amines) is 1. The van der Waals surface area contributed by atoms with Gasteiger partial charge in [-0.15, -0.1) is 11.3 Å². The Kier molecular flexibility index (Phi) is 5.27. The first-order chi connectivity index (χ1) is 13.2. The van der Waals surface area contributed by atoms with Crippen molar-refractivity contribution in [3.8, 4) is 5.75 Å². The topological polar surface area (TPSA) is 48.0 Å². The molecule has 1 saturated heterocycles. The van der Waals surface area contributed by atoms with Gasteiger partial charge in [0, 0.05) is 29.1 Å². The highest BCUT2D eigenvalue weighted by molar-refractivity contribution is 7.15. The maximum absolute atomic E-state index is 12.5. The van der Waals surface area contributed by atoms with Crippen LogP contribution in [0.3, 0.4) is 0 Å². The quantitative estimate of drug-likeness (QED) is 0.752. The standard InChI is InChI=1S/C21H25N3O2S/c1-15-14-27-21-22-17(12-20(25)24(15)21)13-23-11-5-3-4-6-19(23)16-7-9-18(26-2)10-8-16/h7-10,12,14,19H,3-6,11,13H2,1-2H3/p+1/t19-/m0/s1. The lowest BCUT2D eigenvalue weighted by molar-refractivity contribution is -0.944. The number of methoxy groups -OCH3 is 1. The maximum atomic E-state index is 12.5. The van der Waals surface area contributed by atoms with E-state index in [2.05, 4.69) is 12.1 Å². The number of aromatic nitrogens is 2. The molecule has 3 aromatic rings. The number of fused-ring (bicyclic) bond motifs is 1. The van der Waals surface area contributed by atoms with E-state index in [1.807, 2.05) is 24.4 Å². The van der Waals surface area contributed by atoms with Gasteiger partial charge in [-0.3, -0.25) is 9.20 Å². The molecule has 5 nitrogen and oxygen atoms in total. The van der Waals surface area contributed by atoms with Crippen LogP contribution < -0.4 is 15.2 Å². The molecule has 6 heteroatoms. The maximum Gasteiger partial charge on any atom is 0.259 e. The highest BCUT2D eigenvalue weighted by Crippen LogP contribution is 2.22. The van der Waals surface area contributed by atoms with Crippen molar-refractivity contribution < 1.29 is 9.64 Å². The lowest BCUT2D eigenvalue weighted by Crippen LogP contribution is -3.10. The van der Waals surface area contributed by atoms with Crippen molar-refractivity contribution in [2.45, 2.75) is 45.2 Å². The van der Waals surface area contributed by atoms with Gasteiger partial charge in [-0.25, -0.2) is 4.98 Å². The second kappa shape index (κ2) is 7.82. The van der Waals surface area contributed by atoms with Gasteiger partial charge in [0.2, 0.25) is 0 Å². The number of hydrogen-bond acceptors (Lipinski definition) is 4. The van der Waals surface area contributed by atoms with Crippen LogP contribution in [0.4, 0.5) is 0 Å². The Hall–Kier alpha value is -2.18. The molecule has 142 valence electrons. The lowest BCUT2D eigenvalue weighted by atomic mass is 10.0. The number of quaternary nitrogens is 1. The molecule has 2 aromatic heterocycles. The molecule has 4 rings (SSSR count). The molecule has 0 amide bonds. The molecule has 1 fully saturated rings. The number of benzene rings is 1. The van der Waals surface area contributed by atoms with Gasteiger partial charge in [0.1, 0.15) is 24.0 Å². The summed E-state index contributed by atoms with van der Waals surface area (Å²) in [5.41, 5.74) is 3.23. The first-order valence-corrected chi connectivity index (χ1v) is 10.5. The Balaban J connectivity index is 1.63. The fourth-order valence-electron chi connectivity index (χ4n) is 4.13. The first-order valence-electron chi connectivity index (χ1n) is 9.61. The summed E-state index contributed by atoms with van der Waals surface area (Å²) >= 11 is 1.54. The van der Waals surface area contributed by atoms with Crippen molar-refractivity contribution in [1.29, 1.82) is 0 Å². The molecular formula is C21H26N3O2S+. The zero-order chi connectivity index (χ0) is 18.8. The molecule has 1 N–H and O–H groups in total. The summed E-state index contributed by atoms with van der Waals surface area (Å²) in [6.07, 6.45) is 4.91. The predicted octanol–water partition coefficient (Wildman–Crippen LogP) is 2.77. The van der Waals surface area contributed by atoms with Gasteiger partial charge < -0.3 is 9.64 Å². The molecule has 1 unspecified atom stereocenters. The number of thiazole rings is 1. The van der Waals surface area contributed by atoms with Crippen molar-refractivity contribution in [3.63, 3.8) is 0 Å². The van der Waals surface area contributed by atoms with E-state index in [-0.39, 0.29) is 5.56 Å². The minimum atomic E-state index is 0.0315. The summed E-state index contributed by atoms with van der Waals surface area (Å²) in [6.45, 7) is 3.85.